The molecule has 0 bridgehead atoms. The molecular formula is C8H12ClN3. The summed E-state index contributed by atoms with van der Waals surface area (Å²) >= 11 is 6.09. The molecule has 4 heteroatoms. The van der Waals surface area contributed by atoms with Crippen LogP contribution in [0.1, 0.15) is 17.9 Å². The minimum Gasteiger partial charge on any atom is -0.330 e. The van der Waals surface area contributed by atoms with Crippen LogP contribution in [0.5, 0.6) is 0 Å². The van der Waals surface area contributed by atoms with E-state index >= 15 is 0 Å². The first kappa shape index (κ1) is 8.08. The molecule has 0 spiro atoms. The predicted octanol–water partition coefficient (Wildman–Crippen LogP) is 0.984. The van der Waals surface area contributed by atoms with Gasteiger partial charge in [-0.25, -0.2) is 4.98 Å². The first-order chi connectivity index (χ1) is 5.83. The lowest BCUT2D eigenvalue weighted by Crippen LogP contribution is -2.04. The lowest BCUT2D eigenvalue weighted by molar-refractivity contribution is 0.746. The van der Waals surface area contributed by atoms with E-state index in [1.165, 1.54) is 6.42 Å². The number of nitrogens with two attached hydrogens (primary N) is 1. The van der Waals surface area contributed by atoms with Gasteiger partial charge >= 0.3 is 0 Å². The van der Waals surface area contributed by atoms with Gasteiger partial charge in [-0.15, -0.1) is 0 Å². The molecule has 0 radical (unpaired) electrons. The molecule has 0 atom stereocenters. The number of nitrogens with zero attached hydrogens (tertiary/aromatic N) is 2. The summed E-state index contributed by atoms with van der Waals surface area (Å²) in [4.78, 5) is 4.43. The Morgan fingerprint density at radius 1 is 1.58 bits per heavy atom. The molecule has 1 aromatic rings. The monoisotopic (exact) mass is 185 g/mol. The SMILES string of the molecule is NCCc1nc2n(c1Cl)CCC2. The van der Waals surface area contributed by atoms with Crippen LogP contribution in [0.3, 0.4) is 0 Å². The zero-order valence-corrected chi connectivity index (χ0v) is 7.64. The van der Waals surface area contributed by atoms with Crippen LogP contribution in [0, 0.1) is 0 Å². The Balaban J connectivity index is 2.34. The highest BCUT2D eigenvalue weighted by molar-refractivity contribution is 6.30. The number of halogens is 1. The topological polar surface area (TPSA) is 43.8 Å². The smallest absolute Gasteiger partial charge is 0.132 e. The zero-order chi connectivity index (χ0) is 8.55. The molecule has 1 aliphatic rings. The van der Waals surface area contributed by atoms with E-state index in [9.17, 15) is 0 Å². The fourth-order valence-corrected chi connectivity index (χ4v) is 1.96. The Hall–Kier alpha value is -0.540. The highest BCUT2D eigenvalue weighted by atomic mass is 35.5. The van der Waals surface area contributed by atoms with Crippen LogP contribution in [0.2, 0.25) is 5.15 Å². The van der Waals surface area contributed by atoms with E-state index in [0.29, 0.717) is 6.54 Å². The van der Waals surface area contributed by atoms with Gasteiger partial charge in [-0.1, -0.05) is 11.6 Å². The van der Waals surface area contributed by atoms with Crippen molar-refractivity contribution in [2.24, 2.45) is 5.73 Å². The Labute approximate surface area is 76.5 Å². The van der Waals surface area contributed by atoms with Gasteiger partial charge in [-0.2, -0.15) is 0 Å². The van der Waals surface area contributed by atoms with Crippen molar-refractivity contribution in [2.45, 2.75) is 25.8 Å². The number of hydrogen-bond acceptors (Lipinski definition) is 2. The van der Waals surface area contributed by atoms with Crippen molar-refractivity contribution in [1.82, 2.24) is 9.55 Å². The summed E-state index contributed by atoms with van der Waals surface area (Å²) in [5.41, 5.74) is 6.41. The molecule has 66 valence electrons. The quantitative estimate of drug-likeness (QED) is 0.747. The first-order valence-electron chi connectivity index (χ1n) is 4.26. The van der Waals surface area contributed by atoms with Gasteiger partial charge in [0, 0.05) is 19.4 Å². The molecule has 2 rings (SSSR count). The van der Waals surface area contributed by atoms with Crippen molar-refractivity contribution in [3.63, 3.8) is 0 Å². The molecule has 3 nitrogen and oxygen atoms in total. The molecule has 0 unspecified atom stereocenters. The summed E-state index contributed by atoms with van der Waals surface area (Å²) in [5.74, 6) is 1.13. The normalized spacial score (nSPS) is 15.2. The van der Waals surface area contributed by atoms with Gasteiger partial charge in [-0.3, -0.25) is 0 Å². The fraction of sp³-hybridized carbons (Fsp3) is 0.625. The number of imidazole rings is 1. The average Bonchev–Trinajstić information content (AvgIpc) is 2.58. The number of fused-ring (bicyclic) bond motifs is 1. The lowest BCUT2D eigenvalue weighted by atomic mass is 10.3. The van der Waals surface area contributed by atoms with Crippen molar-refractivity contribution >= 4 is 11.6 Å². The number of aryl methyl sites for hydroxylation is 1. The molecule has 0 saturated carbocycles. The van der Waals surface area contributed by atoms with Crippen LogP contribution in [-0.2, 0) is 19.4 Å². The molecule has 12 heavy (non-hydrogen) atoms. The molecule has 2 heterocycles. The largest absolute Gasteiger partial charge is 0.330 e. The van der Waals surface area contributed by atoms with Gasteiger partial charge in [0.25, 0.3) is 0 Å². The maximum absolute atomic E-state index is 6.09. The predicted molar refractivity (Wildman–Crippen MR) is 48.3 cm³/mol. The van der Waals surface area contributed by atoms with E-state index in [1.54, 1.807) is 0 Å². The van der Waals surface area contributed by atoms with E-state index in [1.807, 2.05) is 0 Å². The standard InChI is InChI=1S/C8H12ClN3/c9-8-6(3-4-10)11-7-2-1-5-12(7)8/h1-5,10H2. The van der Waals surface area contributed by atoms with Crippen LogP contribution in [0.25, 0.3) is 0 Å². The van der Waals surface area contributed by atoms with Crippen molar-refractivity contribution in [3.8, 4) is 0 Å². The first-order valence-corrected chi connectivity index (χ1v) is 4.64. The van der Waals surface area contributed by atoms with E-state index in [4.69, 9.17) is 17.3 Å². The summed E-state index contributed by atoms with van der Waals surface area (Å²) in [5, 5.41) is 0.799. The molecule has 2 N–H and O–H groups in total. The van der Waals surface area contributed by atoms with Crippen molar-refractivity contribution in [2.75, 3.05) is 6.54 Å². The second-order valence-corrected chi connectivity index (χ2v) is 3.42. The molecule has 0 fully saturated rings. The third kappa shape index (κ3) is 1.13. The summed E-state index contributed by atoms with van der Waals surface area (Å²) in [7, 11) is 0. The molecule has 0 saturated heterocycles. The Kier molecular flexibility index (Phi) is 2.07. The minimum absolute atomic E-state index is 0.621. The maximum atomic E-state index is 6.09. The lowest BCUT2D eigenvalue weighted by Gasteiger charge is -1.97. The van der Waals surface area contributed by atoms with Crippen molar-refractivity contribution in [3.05, 3.63) is 16.7 Å². The van der Waals surface area contributed by atoms with Gasteiger partial charge in [0.2, 0.25) is 0 Å². The average molecular weight is 186 g/mol. The van der Waals surface area contributed by atoms with Crippen LogP contribution in [0.4, 0.5) is 0 Å². The second kappa shape index (κ2) is 3.07. The van der Waals surface area contributed by atoms with Crippen LogP contribution in [0.15, 0.2) is 0 Å². The minimum atomic E-state index is 0.621. The summed E-state index contributed by atoms with van der Waals surface area (Å²) in [6, 6.07) is 0. The van der Waals surface area contributed by atoms with E-state index < -0.39 is 0 Å². The zero-order valence-electron chi connectivity index (χ0n) is 6.89. The number of rotatable bonds is 2. The highest BCUT2D eigenvalue weighted by Crippen LogP contribution is 2.24. The fourth-order valence-electron chi connectivity index (χ4n) is 1.64. The molecule has 0 amide bonds. The maximum Gasteiger partial charge on any atom is 0.132 e. The summed E-state index contributed by atoms with van der Waals surface area (Å²) in [6.07, 6.45) is 3.02. The van der Waals surface area contributed by atoms with Crippen LogP contribution in [-0.4, -0.2) is 16.1 Å². The molecule has 1 aromatic heterocycles. The molecule has 0 aromatic carbocycles. The Bertz CT molecular complexity index is 293. The Morgan fingerprint density at radius 3 is 3.08 bits per heavy atom. The number of hydrogen-bond donors (Lipinski definition) is 1. The third-order valence-electron chi connectivity index (χ3n) is 2.21. The van der Waals surface area contributed by atoms with Gasteiger partial charge in [0.15, 0.2) is 0 Å². The molecule has 0 aliphatic carbocycles. The third-order valence-corrected chi connectivity index (χ3v) is 2.64. The van der Waals surface area contributed by atoms with Crippen molar-refractivity contribution < 1.29 is 0 Å². The van der Waals surface area contributed by atoms with E-state index in [-0.39, 0.29) is 0 Å². The van der Waals surface area contributed by atoms with Crippen LogP contribution < -0.4 is 5.73 Å². The summed E-state index contributed by atoms with van der Waals surface area (Å²) in [6.45, 7) is 1.64. The van der Waals surface area contributed by atoms with Gasteiger partial charge in [-0.05, 0) is 13.0 Å². The Morgan fingerprint density at radius 2 is 2.42 bits per heavy atom. The highest BCUT2D eigenvalue weighted by Gasteiger charge is 2.18. The van der Waals surface area contributed by atoms with Gasteiger partial charge < -0.3 is 10.3 Å². The van der Waals surface area contributed by atoms with E-state index in [0.717, 1.165) is 36.1 Å². The summed E-state index contributed by atoms with van der Waals surface area (Å²) < 4.78 is 2.09. The van der Waals surface area contributed by atoms with E-state index in [2.05, 4.69) is 9.55 Å². The molecular weight excluding hydrogens is 174 g/mol. The van der Waals surface area contributed by atoms with Crippen molar-refractivity contribution in [1.29, 1.82) is 0 Å². The van der Waals surface area contributed by atoms with Gasteiger partial charge in [0.1, 0.15) is 11.0 Å². The number of aromatic nitrogens is 2. The van der Waals surface area contributed by atoms with Gasteiger partial charge in [0.05, 0.1) is 5.69 Å². The molecule has 1 aliphatic heterocycles. The van der Waals surface area contributed by atoms with Crippen LogP contribution >= 0.6 is 11.6 Å². The second-order valence-electron chi connectivity index (χ2n) is 3.06.